The lowest BCUT2D eigenvalue weighted by Crippen LogP contribution is -2.14. The van der Waals surface area contributed by atoms with Gasteiger partial charge in [-0.2, -0.15) is 0 Å². The fraction of sp³-hybridized carbons (Fsp3) is 0.286. The van der Waals surface area contributed by atoms with Crippen LogP contribution in [0.3, 0.4) is 0 Å². The maximum Gasteiger partial charge on any atom is 0.148 e. The first-order valence-electron chi connectivity index (χ1n) is 6.61. The molecule has 0 atom stereocenters. The normalized spacial score (nSPS) is 10.5. The molecular weight excluding hydrogens is 337 g/mol. The molecule has 0 aliphatic heterocycles. The van der Waals surface area contributed by atoms with E-state index in [9.17, 15) is 4.39 Å². The monoisotopic (exact) mass is 353 g/mol. The zero-order valence-corrected chi connectivity index (χ0v) is 13.5. The molecule has 1 heterocycles. The van der Waals surface area contributed by atoms with Crippen molar-refractivity contribution in [2.45, 2.75) is 26.7 Å². The molecule has 2 aromatic rings. The number of nitrogens with two attached hydrogens (primary N) is 1. The Morgan fingerprint density at radius 2 is 2.00 bits per heavy atom. The minimum absolute atomic E-state index is 0.303. The molecule has 0 saturated heterocycles. The van der Waals surface area contributed by atoms with E-state index in [-0.39, 0.29) is 5.82 Å². The molecule has 0 saturated carbocycles. The van der Waals surface area contributed by atoms with Gasteiger partial charge in [-0.1, -0.05) is 6.92 Å². The number of aryl methyl sites for hydroxylation is 1. The number of nitrogen functional groups attached to an aromatic ring is 1. The number of hydrogen-bond donors (Lipinski definition) is 3. The van der Waals surface area contributed by atoms with Crippen molar-refractivity contribution in [1.29, 1.82) is 0 Å². The number of aromatic nitrogens is 2. The Bertz CT molecular complexity index is 648. The van der Waals surface area contributed by atoms with Gasteiger partial charge in [0.2, 0.25) is 0 Å². The van der Waals surface area contributed by atoms with Crippen LogP contribution in [-0.2, 0) is 6.42 Å². The third-order valence-corrected chi connectivity index (χ3v) is 3.64. The molecule has 0 unspecified atom stereocenters. The van der Waals surface area contributed by atoms with E-state index < -0.39 is 0 Å². The maximum atomic E-state index is 13.1. The van der Waals surface area contributed by atoms with E-state index in [1.807, 2.05) is 6.92 Å². The molecule has 0 spiro atoms. The lowest BCUT2D eigenvalue weighted by atomic mass is 10.2. The predicted molar refractivity (Wildman–Crippen MR) is 86.0 cm³/mol. The van der Waals surface area contributed by atoms with Gasteiger partial charge >= 0.3 is 0 Å². The highest BCUT2D eigenvalue weighted by molar-refractivity contribution is 9.10. The lowest BCUT2D eigenvalue weighted by molar-refractivity contribution is 0.627. The third kappa shape index (κ3) is 3.68. The minimum Gasteiger partial charge on any atom is -0.339 e. The van der Waals surface area contributed by atoms with Crippen LogP contribution < -0.4 is 16.6 Å². The summed E-state index contributed by atoms with van der Waals surface area (Å²) in [6.07, 6.45) is 1.70. The van der Waals surface area contributed by atoms with E-state index in [1.54, 1.807) is 6.07 Å². The van der Waals surface area contributed by atoms with Crippen LogP contribution in [0.25, 0.3) is 0 Å². The van der Waals surface area contributed by atoms with Crippen LogP contribution in [0.15, 0.2) is 22.7 Å². The predicted octanol–water partition coefficient (Wildman–Crippen LogP) is 3.67. The number of rotatable bonds is 5. The molecule has 112 valence electrons. The molecule has 0 fully saturated rings. The summed E-state index contributed by atoms with van der Waals surface area (Å²) in [5.41, 5.74) is 4.11. The Labute approximate surface area is 131 Å². The van der Waals surface area contributed by atoms with Crippen LogP contribution in [0.1, 0.15) is 24.7 Å². The van der Waals surface area contributed by atoms with Crippen molar-refractivity contribution in [2.24, 2.45) is 5.84 Å². The molecule has 4 N–H and O–H groups in total. The summed E-state index contributed by atoms with van der Waals surface area (Å²) in [6, 6.07) is 4.43. The average Bonchev–Trinajstić information content (AvgIpc) is 2.45. The fourth-order valence-electron chi connectivity index (χ4n) is 1.88. The first kappa shape index (κ1) is 15.7. The van der Waals surface area contributed by atoms with Crippen molar-refractivity contribution in [1.82, 2.24) is 9.97 Å². The van der Waals surface area contributed by atoms with Gasteiger partial charge in [0.15, 0.2) is 0 Å². The zero-order valence-electron chi connectivity index (χ0n) is 11.9. The standard InChI is InChI=1S/C14H17BrFN5/c1-3-4-12-19-13(8(2)14(20-12)21-17)18-11-6-5-9(16)7-10(11)15/h5-7H,3-4,17H2,1-2H3,(H2,18,19,20,21). The van der Waals surface area contributed by atoms with Crippen molar-refractivity contribution in [3.63, 3.8) is 0 Å². The summed E-state index contributed by atoms with van der Waals surface area (Å²) in [7, 11) is 0. The average molecular weight is 354 g/mol. The molecule has 21 heavy (non-hydrogen) atoms. The number of hydrazine groups is 1. The van der Waals surface area contributed by atoms with Gasteiger partial charge in [0, 0.05) is 16.5 Å². The number of halogens is 2. The Morgan fingerprint density at radius 1 is 1.29 bits per heavy atom. The first-order valence-corrected chi connectivity index (χ1v) is 7.40. The second-order valence-corrected chi connectivity index (χ2v) is 5.46. The Kier molecular flexibility index (Phi) is 5.08. The highest BCUT2D eigenvalue weighted by atomic mass is 79.9. The van der Waals surface area contributed by atoms with Crippen LogP contribution in [0.4, 0.5) is 21.7 Å². The van der Waals surface area contributed by atoms with Gasteiger partial charge in [0.05, 0.1) is 5.69 Å². The highest BCUT2D eigenvalue weighted by Gasteiger charge is 2.11. The summed E-state index contributed by atoms with van der Waals surface area (Å²) < 4.78 is 13.8. The summed E-state index contributed by atoms with van der Waals surface area (Å²) in [5.74, 6) is 7.13. The van der Waals surface area contributed by atoms with Crippen LogP contribution >= 0.6 is 15.9 Å². The van der Waals surface area contributed by atoms with E-state index in [0.717, 1.165) is 24.1 Å². The maximum absolute atomic E-state index is 13.1. The fourth-order valence-corrected chi connectivity index (χ4v) is 2.33. The minimum atomic E-state index is -0.303. The van der Waals surface area contributed by atoms with Gasteiger partial charge in [0.25, 0.3) is 0 Å². The summed E-state index contributed by atoms with van der Waals surface area (Å²) in [4.78, 5) is 8.86. The van der Waals surface area contributed by atoms with Crippen molar-refractivity contribution in [2.75, 3.05) is 10.7 Å². The van der Waals surface area contributed by atoms with Crippen LogP contribution in [0.5, 0.6) is 0 Å². The molecule has 0 aliphatic carbocycles. The molecule has 1 aromatic carbocycles. The number of benzene rings is 1. The molecule has 0 radical (unpaired) electrons. The van der Waals surface area contributed by atoms with Gasteiger partial charge in [-0.05, 0) is 47.5 Å². The summed E-state index contributed by atoms with van der Waals surface area (Å²) >= 11 is 3.33. The van der Waals surface area contributed by atoms with Crippen molar-refractivity contribution >= 4 is 33.3 Å². The van der Waals surface area contributed by atoms with Gasteiger partial charge < -0.3 is 10.7 Å². The van der Waals surface area contributed by atoms with Crippen molar-refractivity contribution < 1.29 is 4.39 Å². The van der Waals surface area contributed by atoms with Crippen molar-refractivity contribution in [3.8, 4) is 0 Å². The number of anilines is 3. The van der Waals surface area contributed by atoms with Gasteiger partial charge in [-0.25, -0.2) is 20.2 Å². The van der Waals surface area contributed by atoms with Gasteiger partial charge in [0.1, 0.15) is 23.3 Å². The van der Waals surface area contributed by atoms with Crippen molar-refractivity contribution in [3.05, 3.63) is 39.9 Å². The van der Waals surface area contributed by atoms with E-state index in [2.05, 4.69) is 43.6 Å². The summed E-state index contributed by atoms with van der Waals surface area (Å²) in [5, 5.41) is 3.18. The molecule has 1 aromatic heterocycles. The summed E-state index contributed by atoms with van der Waals surface area (Å²) in [6.45, 7) is 3.92. The molecule has 0 aliphatic rings. The largest absolute Gasteiger partial charge is 0.339 e. The zero-order chi connectivity index (χ0) is 15.4. The Morgan fingerprint density at radius 3 is 2.62 bits per heavy atom. The first-order chi connectivity index (χ1) is 10.0. The van der Waals surface area contributed by atoms with E-state index in [0.29, 0.717) is 21.9 Å². The van der Waals surface area contributed by atoms with Gasteiger partial charge in [-0.3, -0.25) is 0 Å². The number of hydrogen-bond acceptors (Lipinski definition) is 5. The molecule has 0 amide bonds. The lowest BCUT2D eigenvalue weighted by Gasteiger charge is -2.14. The molecular formula is C14H17BrFN5. The molecule has 2 rings (SSSR count). The van der Waals surface area contributed by atoms with Crippen LogP contribution in [-0.4, -0.2) is 9.97 Å². The number of nitrogens with zero attached hydrogens (tertiary/aromatic N) is 2. The third-order valence-electron chi connectivity index (χ3n) is 2.99. The van der Waals surface area contributed by atoms with Gasteiger partial charge in [-0.15, -0.1) is 0 Å². The smallest absolute Gasteiger partial charge is 0.148 e. The van der Waals surface area contributed by atoms with E-state index >= 15 is 0 Å². The number of nitrogens with one attached hydrogen (secondary N) is 2. The molecule has 5 nitrogen and oxygen atoms in total. The second kappa shape index (κ2) is 6.82. The van der Waals surface area contributed by atoms with Crippen LogP contribution in [0, 0.1) is 12.7 Å². The molecule has 7 heteroatoms. The van der Waals surface area contributed by atoms with Crippen LogP contribution in [0.2, 0.25) is 0 Å². The highest BCUT2D eigenvalue weighted by Crippen LogP contribution is 2.29. The Balaban J connectivity index is 2.40. The Hall–Kier alpha value is -1.73. The topological polar surface area (TPSA) is 75.9 Å². The van der Waals surface area contributed by atoms with E-state index in [4.69, 9.17) is 5.84 Å². The second-order valence-electron chi connectivity index (χ2n) is 4.61. The molecule has 0 bridgehead atoms. The quantitative estimate of drug-likeness (QED) is 0.564. The SMILES string of the molecule is CCCc1nc(NN)c(C)c(Nc2ccc(F)cc2Br)n1. The van der Waals surface area contributed by atoms with E-state index in [1.165, 1.54) is 12.1 Å².